The fourth-order valence-corrected chi connectivity index (χ4v) is 1.16. The Kier molecular flexibility index (Phi) is 3.59. The zero-order valence-electron chi connectivity index (χ0n) is 7.74. The third kappa shape index (κ3) is 2.53. The van der Waals surface area contributed by atoms with Crippen LogP contribution in [0.15, 0.2) is 29.4 Å². The minimum atomic E-state index is -0.264. The number of para-hydroxylation sites is 1. The van der Waals surface area contributed by atoms with Crippen LogP contribution in [0.4, 0.5) is 5.69 Å². The summed E-state index contributed by atoms with van der Waals surface area (Å²) in [6.45, 7) is 1.78. The van der Waals surface area contributed by atoms with Crippen LogP contribution in [0, 0.1) is 0 Å². The molecule has 0 bridgehead atoms. The monoisotopic (exact) mass is 213 g/mol. The van der Waals surface area contributed by atoms with Crippen molar-refractivity contribution < 1.29 is 5.21 Å². The van der Waals surface area contributed by atoms with Crippen LogP contribution in [-0.2, 0) is 0 Å². The summed E-state index contributed by atoms with van der Waals surface area (Å²) in [5.74, 6) is 0.116. The van der Waals surface area contributed by atoms with E-state index in [0.29, 0.717) is 5.02 Å². The minimum absolute atomic E-state index is 0.116. The maximum absolute atomic E-state index is 8.44. The predicted molar refractivity (Wildman–Crippen MR) is 57.9 cm³/mol. The molecule has 0 spiro atoms. The molecule has 0 radical (unpaired) electrons. The molecule has 5 heteroatoms. The first-order chi connectivity index (χ1) is 6.65. The Balaban J connectivity index is 2.74. The quantitative estimate of drug-likeness (QED) is 0.311. The molecule has 0 aromatic heterocycles. The standard InChI is InChI=1S/C9H12ClN3O/c1-6(9(11)13-14)12-8-5-3-2-4-7(8)10/h2-6,12,14H,1H3,(H2,11,13). The van der Waals surface area contributed by atoms with Crippen molar-refractivity contribution in [3.63, 3.8) is 0 Å². The van der Waals surface area contributed by atoms with Gasteiger partial charge in [-0.3, -0.25) is 0 Å². The molecule has 1 aromatic rings. The molecule has 1 aromatic carbocycles. The summed E-state index contributed by atoms with van der Waals surface area (Å²) in [5, 5.41) is 15.0. The first-order valence-electron chi connectivity index (χ1n) is 4.13. The number of amidine groups is 1. The van der Waals surface area contributed by atoms with E-state index in [4.69, 9.17) is 22.5 Å². The van der Waals surface area contributed by atoms with Gasteiger partial charge in [-0.05, 0) is 19.1 Å². The van der Waals surface area contributed by atoms with Crippen LogP contribution in [0.3, 0.4) is 0 Å². The van der Waals surface area contributed by atoms with Gasteiger partial charge >= 0.3 is 0 Å². The molecule has 0 aliphatic carbocycles. The third-order valence-corrected chi connectivity index (χ3v) is 2.13. The summed E-state index contributed by atoms with van der Waals surface area (Å²) < 4.78 is 0. The maximum atomic E-state index is 8.44. The van der Waals surface area contributed by atoms with E-state index in [2.05, 4.69) is 10.5 Å². The second-order valence-electron chi connectivity index (χ2n) is 2.87. The van der Waals surface area contributed by atoms with Crippen molar-refractivity contribution in [1.29, 1.82) is 0 Å². The van der Waals surface area contributed by atoms with Gasteiger partial charge in [0, 0.05) is 0 Å². The zero-order valence-corrected chi connectivity index (χ0v) is 8.49. The summed E-state index contributed by atoms with van der Waals surface area (Å²) >= 11 is 5.91. The van der Waals surface area contributed by atoms with Crippen molar-refractivity contribution in [2.75, 3.05) is 5.32 Å². The highest BCUT2D eigenvalue weighted by Gasteiger charge is 2.08. The van der Waals surface area contributed by atoms with Gasteiger partial charge in [-0.2, -0.15) is 0 Å². The van der Waals surface area contributed by atoms with Crippen LogP contribution < -0.4 is 11.1 Å². The van der Waals surface area contributed by atoms with Gasteiger partial charge in [0.05, 0.1) is 16.8 Å². The molecule has 0 saturated carbocycles. The Bertz CT molecular complexity index is 341. The molecule has 0 saturated heterocycles. The van der Waals surface area contributed by atoms with Crippen LogP contribution >= 0.6 is 11.6 Å². The van der Waals surface area contributed by atoms with Crippen LogP contribution in [0.1, 0.15) is 6.92 Å². The number of nitrogens with zero attached hydrogens (tertiary/aromatic N) is 1. The van der Waals surface area contributed by atoms with Gasteiger partial charge in [-0.25, -0.2) is 0 Å². The average molecular weight is 214 g/mol. The Labute approximate surface area is 87.4 Å². The second kappa shape index (κ2) is 4.72. The summed E-state index contributed by atoms with van der Waals surface area (Å²) in [7, 11) is 0. The molecule has 76 valence electrons. The number of hydrogen-bond donors (Lipinski definition) is 3. The van der Waals surface area contributed by atoms with Crippen molar-refractivity contribution >= 4 is 23.1 Å². The molecule has 0 amide bonds. The number of hydrogen-bond acceptors (Lipinski definition) is 3. The Hall–Kier alpha value is -1.42. The van der Waals surface area contributed by atoms with Gasteiger partial charge in [0.1, 0.15) is 0 Å². The molecule has 14 heavy (non-hydrogen) atoms. The first-order valence-corrected chi connectivity index (χ1v) is 4.51. The number of nitrogens with two attached hydrogens (primary N) is 1. The van der Waals surface area contributed by atoms with E-state index in [9.17, 15) is 0 Å². The summed E-state index contributed by atoms with van der Waals surface area (Å²) in [6.07, 6.45) is 0. The highest BCUT2D eigenvalue weighted by atomic mass is 35.5. The lowest BCUT2D eigenvalue weighted by Crippen LogP contribution is -2.32. The number of halogens is 1. The number of benzene rings is 1. The normalized spacial score (nSPS) is 13.7. The van der Waals surface area contributed by atoms with E-state index in [-0.39, 0.29) is 11.9 Å². The van der Waals surface area contributed by atoms with E-state index in [1.807, 2.05) is 18.2 Å². The lowest BCUT2D eigenvalue weighted by atomic mass is 10.2. The van der Waals surface area contributed by atoms with E-state index >= 15 is 0 Å². The Morgan fingerprint density at radius 2 is 2.21 bits per heavy atom. The van der Waals surface area contributed by atoms with Gasteiger partial charge in [0.25, 0.3) is 0 Å². The SMILES string of the molecule is CC(Nc1ccccc1Cl)C(N)=NO. The Morgan fingerprint density at radius 3 is 2.79 bits per heavy atom. The van der Waals surface area contributed by atoms with E-state index in [1.54, 1.807) is 13.0 Å². The van der Waals surface area contributed by atoms with Crippen molar-refractivity contribution in [3.8, 4) is 0 Å². The molecule has 1 unspecified atom stereocenters. The number of oxime groups is 1. The highest BCUT2D eigenvalue weighted by molar-refractivity contribution is 6.33. The fraction of sp³-hybridized carbons (Fsp3) is 0.222. The van der Waals surface area contributed by atoms with Gasteiger partial charge in [0.2, 0.25) is 0 Å². The second-order valence-corrected chi connectivity index (χ2v) is 3.28. The van der Waals surface area contributed by atoms with Gasteiger partial charge < -0.3 is 16.3 Å². The lowest BCUT2D eigenvalue weighted by Gasteiger charge is -2.14. The average Bonchev–Trinajstić information content (AvgIpc) is 2.20. The Morgan fingerprint density at radius 1 is 1.57 bits per heavy atom. The van der Waals surface area contributed by atoms with E-state index in [0.717, 1.165) is 5.69 Å². The molecular formula is C9H12ClN3O. The van der Waals surface area contributed by atoms with Gasteiger partial charge in [-0.15, -0.1) is 0 Å². The van der Waals surface area contributed by atoms with Crippen LogP contribution in [0.5, 0.6) is 0 Å². The summed E-state index contributed by atoms with van der Waals surface area (Å²) in [5.41, 5.74) is 6.17. The number of nitrogens with one attached hydrogen (secondary N) is 1. The molecule has 1 atom stereocenters. The highest BCUT2D eigenvalue weighted by Crippen LogP contribution is 2.20. The van der Waals surface area contributed by atoms with Crippen LogP contribution in [0.2, 0.25) is 5.02 Å². The molecule has 4 nitrogen and oxygen atoms in total. The van der Waals surface area contributed by atoms with Crippen LogP contribution in [-0.4, -0.2) is 17.1 Å². The van der Waals surface area contributed by atoms with Crippen molar-refractivity contribution in [3.05, 3.63) is 29.3 Å². The molecule has 1 rings (SSSR count). The van der Waals surface area contributed by atoms with Crippen molar-refractivity contribution in [1.82, 2.24) is 0 Å². The first kappa shape index (κ1) is 10.7. The van der Waals surface area contributed by atoms with Crippen molar-refractivity contribution in [2.24, 2.45) is 10.9 Å². The van der Waals surface area contributed by atoms with Crippen LogP contribution in [0.25, 0.3) is 0 Å². The minimum Gasteiger partial charge on any atom is -0.409 e. The summed E-state index contributed by atoms with van der Waals surface area (Å²) in [4.78, 5) is 0. The van der Waals surface area contributed by atoms with E-state index in [1.165, 1.54) is 0 Å². The maximum Gasteiger partial charge on any atom is 0.161 e. The topological polar surface area (TPSA) is 70.6 Å². The smallest absolute Gasteiger partial charge is 0.161 e. The molecule has 0 fully saturated rings. The number of anilines is 1. The predicted octanol–water partition coefficient (Wildman–Crippen LogP) is 1.89. The van der Waals surface area contributed by atoms with Gasteiger partial charge in [0.15, 0.2) is 5.84 Å². The van der Waals surface area contributed by atoms with E-state index < -0.39 is 0 Å². The van der Waals surface area contributed by atoms with Gasteiger partial charge in [-0.1, -0.05) is 28.9 Å². The molecule has 4 N–H and O–H groups in total. The fourth-order valence-electron chi connectivity index (χ4n) is 0.972. The third-order valence-electron chi connectivity index (χ3n) is 1.80. The number of rotatable bonds is 3. The molecule has 0 aliphatic heterocycles. The lowest BCUT2D eigenvalue weighted by molar-refractivity contribution is 0.316. The largest absolute Gasteiger partial charge is 0.409 e. The molecular weight excluding hydrogens is 202 g/mol. The molecule has 0 aliphatic rings. The molecule has 0 heterocycles. The summed E-state index contributed by atoms with van der Waals surface area (Å²) in [6, 6.07) is 7.02. The zero-order chi connectivity index (χ0) is 10.6. The van der Waals surface area contributed by atoms with Crippen molar-refractivity contribution in [2.45, 2.75) is 13.0 Å².